The molecule has 1 aromatic heterocycles. The maximum atomic E-state index is 11.6. The van der Waals surface area contributed by atoms with Crippen LogP contribution in [0.3, 0.4) is 0 Å². The van der Waals surface area contributed by atoms with Gasteiger partial charge in [-0.15, -0.1) is 0 Å². The lowest BCUT2D eigenvalue weighted by Crippen LogP contribution is -2.33. The van der Waals surface area contributed by atoms with Crippen LogP contribution in [0.4, 0.5) is 0 Å². The first-order valence-electron chi connectivity index (χ1n) is 9.49. The van der Waals surface area contributed by atoms with E-state index >= 15 is 0 Å². The van der Waals surface area contributed by atoms with E-state index in [1.807, 2.05) is 0 Å². The largest absolute Gasteiger partial charge is 0.462 e. The lowest BCUT2D eigenvalue weighted by atomic mass is 10.0. The van der Waals surface area contributed by atoms with E-state index in [1.165, 1.54) is 28.1 Å². The van der Waals surface area contributed by atoms with Gasteiger partial charge in [0.2, 0.25) is 0 Å². The monoisotopic (exact) mass is 355 g/mol. The molecule has 4 heteroatoms. The molecule has 1 N–H and O–H groups in total. The van der Waals surface area contributed by atoms with Crippen molar-refractivity contribution < 1.29 is 14.6 Å². The Hall–Kier alpha value is -2.07. The Balaban J connectivity index is 1.88. The third kappa shape index (κ3) is 4.01. The molecular weight excluding hydrogens is 326 g/mol. The van der Waals surface area contributed by atoms with Gasteiger partial charge in [-0.2, -0.15) is 0 Å². The predicted octanol–water partition coefficient (Wildman–Crippen LogP) is 4.35. The summed E-state index contributed by atoms with van der Waals surface area (Å²) in [5.41, 5.74) is 6.23. The number of rotatable bonds is 5. The molecule has 0 aliphatic carbocycles. The molecule has 3 rings (SSSR count). The van der Waals surface area contributed by atoms with Crippen molar-refractivity contribution in [1.82, 2.24) is 4.57 Å². The van der Waals surface area contributed by atoms with Gasteiger partial charge >= 0.3 is 5.97 Å². The number of aromatic nitrogens is 1. The molecule has 2 atom stereocenters. The van der Waals surface area contributed by atoms with Gasteiger partial charge < -0.3 is 14.4 Å². The molecule has 0 spiro atoms. The number of nitrogens with zero attached hydrogens (tertiary/aromatic N) is 1. The van der Waals surface area contributed by atoms with E-state index in [2.05, 4.69) is 62.6 Å². The molecule has 2 aromatic rings. The highest BCUT2D eigenvalue weighted by atomic mass is 16.5. The Morgan fingerprint density at radius 2 is 2.00 bits per heavy atom. The van der Waals surface area contributed by atoms with Gasteiger partial charge in [0.15, 0.2) is 0 Å². The lowest BCUT2D eigenvalue weighted by Gasteiger charge is -2.27. The number of cyclic esters (lactones) is 1. The van der Waals surface area contributed by atoms with Gasteiger partial charge in [-0.1, -0.05) is 31.5 Å². The van der Waals surface area contributed by atoms with Crippen LogP contribution in [0.1, 0.15) is 55.8 Å². The predicted molar refractivity (Wildman–Crippen MR) is 103 cm³/mol. The number of hydrogen-bond donors (Lipinski definition) is 1. The Kier molecular flexibility index (Phi) is 5.52. The minimum Gasteiger partial charge on any atom is -0.462 e. The van der Waals surface area contributed by atoms with Gasteiger partial charge in [0.25, 0.3) is 0 Å². The molecular formula is C22H29NO3. The number of benzene rings is 1. The average Bonchev–Trinajstić information content (AvgIpc) is 2.98. The highest BCUT2D eigenvalue weighted by Gasteiger charge is 2.27. The minimum atomic E-state index is -0.575. The molecule has 1 saturated heterocycles. The van der Waals surface area contributed by atoms with E-state index in [-0.39, 0.29) is 18.5 Å². The van der Waals surface area contributed by atoms with Crippen LogP contribution in [0, 0.1) is 13.8 Å². The average molecular weight is 355 g/mol. The maximum absolute atomic E-state index is 11.6. The van der Waals surface area contributed by atoms with Crippen LogP contribution in [0.25, 0.3) is 11.3 Å². The molecule has 1 aliphatic heterocycles. The summed E-state index contributed by atoms with van der Waals surface area (Å²) in [6, 6.07) is 10.9. The second-order valence-electron chi connectivity index (χ2n) is 7.76. The lowest BCUT2D eigenvalue weighted by molar-refractivity contribution is -0.160. The fourth-order valence-electron chi connectivity index (χ4n) is 3.80. The summed E-state index contributed by atoms with van der Waals surface area (Å²) in [7, 11) is 0. The van der Waals surface area contributed by atoms with Crippen LogP contribution >= 0.6 is 0 Å². The fraction of sp³-hybridized carbons (Fsp3) is 0.500. The molecule has 2 unspecified atom stereocenters. The first kappa shape index (κ1) is 18.7. The number of hydrogen-bond acceptors (Lipinski definition) is 3. The molecule has 1 aromatic carbocycles. The molecule has 1 aliphatic rings. The van der Waals surface area contributed by atoms with E-state index in [4.69, 9.17) is 4.74 Å². The molecule has 4 nitrogen and oxygen atoms in total. The molecule has 140 valence electrons. The van der Waals surface area contributed by atoms with Gasteiger partial charge in [0, 0.05) is 36.3 Å². The van der Waals surface area contributed by atoms with Crippen LogP contribution in [0.2, 0.25) is 0 Å². The SMILES string of the molecule is Cc1ccc(C)c(-c2ccc(C(C)C)n2CCC2CC(O)CC(=O)O2)c1. The van der Waals surface area contributed by atoms with Crippen molar-refractivity contribution in [3.8, 4) is 11.3 Å². The minimum absolute atomic E-state index is 0.116. The zero-order valence-corrected chi connectivity index (χ0v) is 16.2. The van der Waals surface area contributed by atoms with Gasteiger partial charge in [0.05, 0.1) is 12.5 Å². The number of esters is 1. The van der Waals surface area contributed by atoms with Crippen molar-refractivity contribution in [2.75, 3.05) is 0 Å². The Morgan fingerprint density at radius 1 is 1.23 bits per heavy atom. The smallest absolute Gasteiger partial charge is 0.308 e. The summed E-state index contributed by atoms with van der Waals surface area (Å²) in [5.74, 6) is 0.119. The summed E-state index contributed by atoms with van der Waals surface area (Å²) in [5, 5.41) is 9.84. The van der Waals surface area contributed by atoms with Crippen LogP contribution < -0.4 is 0 Å². The molecule has 0 radical (unpaired) electrons. The van der Waals surface area contributed by atoms with E-state index in [0.29, 0.717) is 12.3 Å². The number of carbonyl (C=O) groups is 1. The highest BCUT2D eigenvalue weighted by Crippen LogP contribution is 2.31. The second kappa shape index (κ2) is 7.67. The summed E-state index contributed by atoms with van der Waals surface area (Å²) in [6.07, 6.45) is 0.581. The fourth-order valence-corrected chi connectivity index (χ4v) is 3.80. The number of ether oxygens (including phenoxy) is 1. The van der Waals surface area contributed by atoms with Crippen molar-refractivity contribution in [2.45, 2.75) is 71.6 Å². The molecule has 1 fully saturated rings. The maximum Gasteiger partial charge on any atom is 0.308 e. The molecule has 2 heterocycles. The van der Waals surface area contributed by atoms with Gasteiger partial charge in [0.1, 0.15) is 6.10 Å². The van der Waals surface area contributed by atoms with Crippen molar-refractivity contribution in [1.29, 1.82) is 0 Å². The summed E-state index contributed by atoms with van der Waals surface area (Å²) >= 11 is 0. The first-order chi connectivity index (χ1) is 12.3. The third-order valence-electron chi connectivity index (χ3n) is 5.19. The van der Waals surface area contributed by atoms with Gasteiger partial charge in [-0.25, -0.2) is 0 Å². The summed E-state index contributed by atoms with van der Waals surface area (Å²) < 4.78 is 7.78. The van der Waals surface area contributed by atoms with E-state index < -0.39 is 6.10 Å². The summed E-state index contributed by atoms with van der Waals surface area (Å²) in [6.45, 7) is 9.42. The van der Waals surface area contributed by atoms with Crippen LogP contribution in [-0.4, -0.2) is 27.9 Å². The number of aryl methyl sites for hydroxylation is 2. The van der Waals surface area contributed by atoms with E-state index in [0.717, 1.165) is 13.0 Å². The quantitative estimate of drug-likeness (QED) is 0.811. The summed E-state index contributed by atoms with van der Waals surface area (Å²) in [4.78, 5) is 11.6. The van der Waals surface area contributed by atoms with E-state index in [1.54, 1.807) is 0 Å². The van der Waals surface area contributed by atoms with Crippen LogP contribution in [-0.2, 0) is 16.1 Å². The van der Waals surface area contributed by atoms with E-state index in [9.17, 15) is 9.90 Å². The van der Waals surface area contributed by atoms with Gasteiger partial charge in [-0.05, 0) is 43.5 Å². The van der Waals surface area contributed by atoms with Crippen molar-refractivity contribution in [3.05, 3.63) is 47.2 Å². The number of aliphatic hydroxyl groups is 1. The van der Waals surface area contributed by atoms with Crippen molar-refractivity contribution in [3.63, 3.8) is 0 Å². The first-order valence-corrected chi connectivity index (χ1v) is 9.49. The Bertz CT molecular complexity index is 791. The highest BCUT2D eigenvalue weighted by molar-refractivity contribution is 5.71. The zero-order valence-electron chi connectivity index (χ0n) is 16.2. The van der Waals surface area contributed by atoms with Crippen molar-refractivity contribution >= 4 is 5.97 Å². The second-order valence-corrected chi connectivity index (χ2v) is 7.76. The molecule has 0 bridgehead atoms. The van der Waals surface area contributed by atoms with Crippen molar-refractivity contribution in [2.24, 2.45) is 0 Å². The molecule has 0 amide bonds. The topological polar surface area (TPSA) is 51.5 Å². The molecule has 0 saturated carbocycles. The Labute approximate surface area is 155 Å². The molecule has 26 heavy (non-hydrogen) atoms. The third-order valence-corrected chi connectivity index (χ3v) is 5.19. The number of aliphatic hydroxyl groups excluding tert-OH is 1. The Morgan fingerprint density at radius 3 is 2.69 bits per heavy atom. The van der Waals surface area contributed by atoms with Gasteiger partial charge in [-0.3, -0.25) is 4.79 Å². The normalized spacial score (nSPS) is 20.5. The zero-order chi connectivity index (χ0) is 18.8. The van der Waals surface area contributed by atoms with Crippen LogP contribution in [0.5, 0.6) is 0 Å². The standard InChI is InChI=1S/C22H29NO3/c1-14(2)20-7-8-21(19-11-15(3)5-6-16(19)4)23(20)10-9-18-12-17(24)13-22(25)26-18/h5-8,11,14,17-18,24H,9-10,12-13H2,1-4H3. The number of carbonyl (C=O) groups excluding carboxylic acids is 1. The van der Waals surface area contributed by atoms with Crippen LogP contribution in [0.15, 0.2) is 30.3 Å².